The standard InChI is InChI=1S/C22H22N4O5/c27-19(25-13-11-24(12-14-25)18-7-3-4-10-23-18)9-8-17(22(30)31)26-20(28)15-5-1-2-6-16(15)21(26)29/h1-7,10,17H,8-9,11-14H2,(H,30,31). The van der Waals surface area contributed by atoms with Gasteiger partial charge in [0, 0.05) is 18.7 Å². The minimum absolute atomic E-state index is 0.0923. The zero-order valence-electron chi connectivity index (χ0n) is 16.8. The van der Waals surface area contributed by atoms with Gasteiger partial charge in [0.05, 0.1) is 36.2 Å². The van der Waals surface area contributed by atoms with Crippen LogP contribution < -0.4 is 10.0 Å². The van der Waals surface area contributed by atoms with Crippen LogP contribution in [0.25, 0.3) is 0 Å². The molecule has 1 N–H and O–H groups in total. The predicted molar refractivity (Wildman–Crippen MR) is 106 cm³/mol. The lowest BCUT2D eigenvalue weighted by atomic mass is 10.1. The molecule has 1 fully saturated rings. The van der Waals surface area contributed by atoms with Crippen LogP contribution in [0.15, 0.2) is 48.7 Å². The van der Waals surface area contributed by atoms with Gasteiger partial charge in [0.15, 0.2) is 0 Å². The number of hydrogen-bond donors (Lipinski definition) is 1. The van der Waals surface area contributed by atoms with Crippen LogP contribution in [0.4, 0.5) is 5.82 Å². The van der Waals surface area contributed by atoms with Crippen molar-refractivity contribution in [1.29, 1.82) is 0 Å². The number of aromatic nitrogens is 1. The molecule has 3 heterocycles. The van der Waals surface area contributed by atoms with Crippen molar-refractivity contribution >= 4 is 29.5 Å². The number of imide groups is 1. The van der Waals surface area contributed by atoms with Gasteiger partial charge in [-0.2, -0.15) is 0 Å². The third kappa shape index (κ3) is 4.04. The summed E-state index contributed by atoms with van der Waals surface area (Å²) in [5, 5.41) is 11.7. The molecule has 9 nitrogen and oxygen atoms in total. The van der Waals surface area contributed by atoms with Crippen molar-refractivity contribution in [3.05, 3.63) is 59.8 Å². The summed E-state index contributed by atoms with van der Waals surface area (Å²) in [5.74, 6) is -2.17. The highest BCUT2D eigenvalue weighted by atomic mass is 16.4. The van der Waals surface area contributed by atoms with E-state index in [1.807, 2.05) is 18.2 Å². The minimum atomic E-state index is -1.55. The summed E-state index contributed by atoms with van der Waals surface area (Å²) in [6.45, 7) is 2.44. The predicted octanol–water partition coefficient (Wildman–Crippen LogP) is -1.36. The van der Waals surface area contributed by atoms with Crippen molar-refractivity contribution in [2.24, 2.45) is 0 Å². The molecule has 1 aromatic heterocycles. The van der Waals surface area contributed by atoms with Crippen LogP contribution in [-0.4, -0.2) is 70.7 Å². The second-order valence-electron chi connectivity index (χ2n) is 7.60. The molecule has 3 amide bonds. The van der Waals surface area contributed by atoms with E-state index < -0.39 is 23.8 Å². The first-order chi connectivity index (χ1) is 15.0. The van der Waals surface area contributed by atoms with Crippen molar-refractivity contribution in [1.82, 2.24) is 14.8 Å². The van der Waals surface area contributed by atoms with Crippen molar-refractivity contribution in [3.63, 3.8) is 0 Å². The Labute approximate surface area is 178 Å². The molecule has 0 aliphatic carbocycles. The zero-order valence-corrected chi connectivity index (χ0v) is 16.8. The number of fused-ring (bicyclic) bond motifs is 1. The molecule has 1 saturated heterocycles. The average molecular weight is 422 g/mol. The molecule has 0 bridgehead atoms. The number of piperazine rings is 1. The number of pyridine rings is 1. The van der Waals surface area contributed by atoms with E-state index in [0.717, 1.165) is 5.82 Å². The third-order valence-corrected chi connectivity index (χ3v) is 5.79. The van der Waals surface area contributed by atoms with Crippen molar-refractivity contribution in [3.8, 4) is 0 Å². The number of carboxylic acids is 1. The Morgan fingerprint density at radius 1 is 1.00 bits per heavy atom. The van der Waals surface area contributed by atoms with Gasteiger partial charge in [-0.1, -0.05) is 18.2 Å². The highest BCUT2D eigenvalue weighted by Gasteiger charge is 2.40. The molecular formula is C22H22N4O5. The van der Waals surface area contributed by atoms with E-state index >= 15 is 0 Å². The smallest absolute Gasteiger partial charge is 0.262 e. The molecule has 9 heteroatoms. The number of rotatable bonds is 6. The summed E-state index contributed by atoms with van der Waals surface area (Å²) >= 11 is 0. The maximum absolute atomic E-state index is 12.7. The number of hydrogen-bond acceptors (Lipinski definition) is 6. The fraction of sp³-hybridized carbons (Fsp3) is 0.318. The number of nitrogens with zero attached hydrogens (tertiary/aromatic N) is 3. The highest BCUT2D eigenvalue weighted by Crippen LogP contribution is 2.26. The number of carbonyl (C=O) groups is 4. The van der Waals surface area contributed by atoms with E-state index in [4.69, 9.17) is 0 Å². The fourth-order valence-electron chi connectivity index (χ4n) is 4.12. The summed E-state index contributed by atoms with van der Waals surface area (Å²) in [7, 11) is 0. The van der Waals surface area contributed by atoms with Gasteiger partial charge in [-0.15, -0.1) is 0 Å². The maximum atomic E-state index is 12.7. The number of amides is 3. The van der Waals surface area contributed by atoms with Gasteiger partial charge in [0.2, 0.25) is 11.7 Å². The van der Waals surface area contributed by atoms with Crippen molar-refractivity contribution < 1.29 is 29.2 Å². The maximum Gasteiger partial charge on any atom is 0.262 e. The Bertz CT molecular complexity index is 983. The summed E-state index contributed by atoms with van der Waals surface area (Å²) in [4.78, 5) is 57.5. The lowest BCUT2D eigenvalue weighted by molar-refractivity contribution is -0.840. The van der Waals surface area contributed by atoms with E-state index in [1.165, 1.54) is 17.0 Å². The van der Waals surface area contributed by atoms with E-state index in [9.17, 15) is 24.3 Å². The molecule has 160 valence electrons. The molecule has 2 aromatic rings. The largest absolute Gasteiger partial charge is 0.548 e. The van der Waals surface area contributed by atoms with Crippen LogP contribution in [-0.2, 0) is 9.59 Å². The van der Waals surface area contributed by atoms with Crippen LogP contribution in [0, 0.1) is 0 Å². The summed E-state index contributed by atoms with van der Waals surface area (Å²) < 4.78 is 0. The number of quaternary nitrogens is 1. The van der Waals surface area contributed by atoms with Gasteiger partial charge in [0.1, 0.15) is 13.1 Å². The molecule has 1 atom stereocenters. The topological polar surface area (TPSA) is 115 Å². The normalized spacial score (nSPS) is 17.5. The van der Waals surface area contributed by atoms with Gasteiger partial charge >= 0.3 is 0 Å². The summed E-state index contributed by atoms with van der Waals surface area (Å²) in [5.41, 5.74) is 0.331. The van der Waals surface area contributed by atoms with E-state index in [1.54, 1.807) is 23.2 Å². The number of aliphatic carboxylic acids is 1. The van der Waals surface area contributed by atoms with Gasteiger partial charge < -0.3 is 14.8 Å². The molecule has 0 radical (unpaired) electrons. The number of carbonyl (C=O) groups excluding carboxylic acids is 4. The van der Waals surface area contributed by atoms with Gasteiger partial charge in [-0.25, -0.2) is 4.98 Å². The van der Waals surface area contributed by atoms with Crippen LogP contribution in [0.3, 0.4) is 0 Å². The first kappa shape index (κ1) is 20.7. The second kappa shape index (κ2) is 8.65. The van der Waals surface area contributed by atoms with E-state index in [-0.39, 0.29) is 29.9 Å². The minimum Gasteiger partial charge on any atom is -0.548 e. The molecule has 2 aliphatic heterocycles. The van der Waals surface area contributed by atoms with Crippen LogP contribution in [0.1, 0.15) is 33.6 Å². The Morgan fingerprint density at radius 3 is 2.16 bits per heavy atom. The third-order valence-electron chi connectivity index (χ3n) is 5.79. The molecule has 4 rings (SSSR count). The van der Waals surface area contributed by atoms with Crippen LogP contribution in [0.5, 0.6) is 0 Å². The van der Waals surface area contributed by atoms with E-state index in [2.05, 4.69) is 4.98 Å². The van der Waals surface area contributed by atoms with Gasteiger partial charge in [0.25, 0.3) is 11.8 Å². The quantitative estimate of drug-likeness (QED) is 0.575. The molecular weight excluding hydrogens is 400 g/mol. The molecule has 0 saturated carbocycles. The zero-order chi connectivity index (χ0) is 22.0. The number of carboxylic acid groups (broad SMARTS) is 1. The lowest BCUT2D eigenvalue weighted by Gasteiger charge is -2.32. The lowest BCUT2D eigenvalue weighted by Crippen LogP contribution is -3.10. The molecule has 2 aliphatic rings. The van der Waals surface area contributed by atoms with Crippen LogP contribution >= 0.6 is 0 Å². The van der Waals surface area contributed by atoms with Gasteiger partial charge in [-0.05, 0) is 24.6 Å². The van der Waals surface area contributed by atoms with Crippen LogP contribution in [0.2, 0.25) is 0 Å². The first-order valence-corrected chi connectivity index (χ1v) is 10.2. The monoisotopic (exact) mass is 422 g/mol. The summed E-state index contributed by atoms with van der Waals surface area (Å²) in [6.07, 6.45) is 1.46. The number of benzene rings is 1. The second-order valence-corrected chi connectivity index (χ2v) is 7.60. The van der Waals surface area contributed by atoms with Crippen molar-refractivity contribution in [2.45, 2.75) is 18.9 Å². The Morgan fingerprint density at radius 2 is 1.61 bits per heavy atom. The molecule has 31 heavy (non-hydrogen) atoms. The highest BCUT2D eigenvalue weighted by molar-refractivity contribution is 6.22. The average Bonchev–Trinajstić information content (AvgIpc) is 3.05. The summed E-state index contributed by atoms with van der Waals surface area (Å²) in [6, 6.07) is 10.4. The molecule has 0 spiro atoms. The Hall–Kier alpha value is -3.59. The SMILES string of the molecule is O=C([O-])C(CCC(=O)N1CC[NH+](c2ccccn2)CC1)N1C(=O)c2ccccc2C1=O. The van der Waals surface area contributed by atoms with E-state index in [0.29, 0.717) is 31.1 Å². The Kier molecular flexibility index (Phi) is 5.77. The van der Waals surface area contributed by atoms with Crippen molar-refractivity contribution in [2.75, 3.05) is 26.2 Å². The van der Waals surface area contributed by atoms with Gasteiger partial charge in [-0.3, -0.25) is 24.2 Å². The fourth-order valence-corrected chi connectivity index (χ4v) is 4.12. The molecule has 1 unspecified atom stereocenters. The molecule has 1 aromatic carbocycles. The number of nitrogens with one attached hydrogen (secondary N) is 1. The Balaban J connectivity index is 1.36. The first-order valence-electron chi connectivity index (χ1n) is 10.2.